The smallest absolute Gasteiger partial charge is 0.285 e. The van der Waals surface area contributed by atoms with Gasteiger partial charge in [0.1, 0.15) is 0 Å². The largest absolute Gasteiger partial charge is 0.416 e. The molecule has 2 heterocycles. The van der Waals surface area contributed by atoms with Gasteiger partial charge in [-0.3, -0.25) is 4.99 Å². The first-order chi connectivity index (χ1) is 11.3. The Hall–Kier alpha value is -1.41. The second kappa shape index (κ2) is 6.48. The molecule has 0 saturated carbocycles. The van der Waals surface area contributed by atoms with Crippen molar-refractivity contribution in [2.24, 2.45) is 4.99 Å². The van der Waals surface area contributed by atoms with Crippen LogP contribution in [0.3, 0.4) is 0 Å². The first-order valence-electron chi connectivity index (χ1n) is 7.98. The molecule has 1 aromatic rings. The molecule has 0 amide bonds. The van der Waals surface area contributed by atoms with Crippen LogP contribution in [0.5, 0.6) is 0 Å². The quantitative estimate of drug-likeness (QED) is 0.829. The van der Waals surface area contributed by atoms with Gasteiger partial charge in [0.05, 0.1) is 17.4 Å². The average molecular weight is 360 g/mol. The molecule has 8 heteroatoms. The first kappa shape index (κ1) is 17.4. The summed E-state index contributed by atoms with van der Waals surface area (Å²) in [7, 11) is -3.30. The Kier molecular flexibility index (Phi) is 4.70. The van der Waals surface area contributed by atoms with Crippen molar-refractivity contribution in [3.05, 3.63) is 35.4 Å². The Morgan fingerprint density at radius 2 is 1.75 bits per heavy atom. The Labute approximate surface area is 139 Å². The van der Waals surface area contributed by atoms with Crippen molar-refractivity contribution in [2.75, 3.05) is 18.8 Å². The fraction of sp³-hybridized carbons (Fsp3) is 0.562. The fourth-order valence-electron chi connectivity index (χ4n) is 3.16. The monoisotopic (exact) mass is 360 g/mol. The summed E-state index contributed by atoms with van der Waals surface area (Å²) in [6, 6.07) is 4.56. The molecular weight excluding hydrogens is 341 g/mol. The normalized spacial score (nSPS) is 22.8. The van der Waals surface area contributed by atoms with E-state index in [9.17, 15) is 21.6 Å². The van der Waals surface area contributed by atoms with Gasteiger partial charge in [-0.05, 0) is 43.4 Å². The van der Waals surface area contributed by atoms with Gasteiger partial charge in [0.25, 0.3) is 0 Å². The van der Waals surface area contributed by atoms with Gasteiger partial charge in [-0.2, -0.15) is 13.2 Å². The van der Waals surface area contributed by atoms with E-state index < -0.39 is 21.8 Å². The SMILES string of the molecule is O=S(=O)(CC1CCC(c2ccc(C(F)(F)F)cc2)=N1)N1CCCC1. The average Bonchev–Trinajstić information content (AvgIpc) is 3.17. The third-order valence-corrected chi connectivity index (χ3v) is 6.42. The number of alkyl halides is 3. The highest BCUT2D eigenvalue weighted by atomic mass is 32.2. The van der Waals surface area contributed by atoms with Crippen LogP contribution in [0.4, 0.5) is 13.2 Å². The van der Waals surface area contributed by atoms with Gasteiger partial charge in [0.2, 0.25) is 10.0 Å². The molecule has 132 valence electrons. The lowest BCUT2D eigenvalue weighted by Gasteiger charge is -2.17. The predicted octanol–water partition coefficient (Wildman–Crippen LogP) is 3.08. The molecule has 2 aliphatic heterocycles. The number of halogens is 3. The molecule has 0 aliphatic carbocycles. The molecule has 1 fully saturated rings. The summed E-state index contributed by atoms with van der Waals surface area (Å²) in [6.07, 6.45) is -1.37. The highest BCUT2D eigenvalue weighted by Crippen LogP contribution is 2.30. The molecule has 1 atom stereocenters. The third kappa shape index (κ3) is 3.80. The van der Waals surface area contributed by atoms with E-state index in [1.165, 1.54) is 16.4 Å². The van der Waals surface area contributed by atoms with Crippen LogP contribution in [-0.2, 0) is 16.2 Å². The molecule has 0 bridgehead atoms. The lowest BCUT2D eigenvalue weighted by Crippen LogP contribution is -2.33. The topological polar surface area (TPSA) is 49.7 Å². The zero-order valence-electron chi connectivity index (χ0n) is 13.1. The first-order valence-corrected chi connectivity index (χ1v) is 9.59. The maximum atomic E-state index is 12.6. The van der Waals surface area contributed by atoms with Crippen molar-refractivity contribution >= 4 is 15.7 Å². The number of rotatable bonds is 4. The number of hydrogen-bond donors (Lipinski definition) is 0. The summed E-state index contributed by atoms with van der Waals surface area (Å²) < 4.78 is 63.9. The van der Waals surface area contributed by atoms with Gasteiger partial charge in [0.15, 0.2) is 0 Å². The zero-order valence-corrected chi connectivity index (χ0v) is 13.9. The van der Waals surface area contributed by atoms with Gasteiger partial charge in [-0.1, -0.05) is 12.1 Å². The minimum atomic E-state index is -4.36. The molecule has 2 aliphatic rings. The summed E-state index contributed by atoms with van der Waals surface area (Å²) in [4.78, 5) is 4.44. The van der Waals surface area contributed by atoms with Gasteiger partial charge in [-0.15, -0.1) is 0 Å². The van der Waals surface area contributed by atoms with E-state index in [-0.39, 0.29) is 11.8 Å². The number of nitrogens with zero attached hydrogens (tertiary/aromatic N) is 2. The van der Waals surface area contributed by atoms with Crippen LogP contribution in [0.15, 0.2) is 29.3 Å². The van der Waals surface area contributed by atoms with Crippen molar-refractivity contribution in [1.82, 2.24) is 4.31 Å². The highest BCUT2D eigenvalue weighted by Gasteiger charge is 2.32. The van der Waals surface area contributed by atoms with E-state index >= 15 is 0 Å². The van der Waals surface area contributed by atoms with Crippen LogP contribution < -0.4 is 0 Å². The maximum Gasteiger partial charge on any atom is 0.416 e. The van der Waals surface area contributed by atoms with Gasteiger partial charge < -0.3 is 0 Å². The summed E-state index contributed by atoms with van der Waals surface area (Å²) in [5.74, 6) is -0.0167. The molecule has 0 radical (unpaired) electrons. The fourth-order valence-corrected chi connectivity index (χ4v) is 4.91. The Bertz CT molecular complexity index is 721. The summed E-state index contributed by atoms with van der Waals surface area (Å²) in [6.45, 7) is 1.15. The molecule has 0 spiro atoms. The Morgan fingerprint density at radius 3 is 2.33 bits per heavy atom. The molecule has 0 N–H and O–H groups in total. The number of hydrogen-bond acceptors (Lipinski definition) is 3. The van der Waals surface area contributed by atoms with Gasteiger partial charge in [0, 0.05) is 18.8 Å². The number of aliphatic imine (C=N–C) groups is 1. The van der Waals surface area contributed by atoms with Crippen LogP contribution in [0, 0.1) is 0 Å². The Balaban J connectivity index is 1.69. The van der Waals surface area contributed by atoms with Crippen molar-refractivity contribution in [3.63, 3.8) is 0 Å². The third-order valence-electron chi connectivity index (χ3n) is 4.46. The second-order valence-corrected chi connectivity index (χ2v) is 8.24. The van der Waals surface area contributed by atoms with Crippen LogP contribution >= 0.6 is 0 Å². The molecule has 1 aromatic carbocycles. The minimum Gasteiger partial charge on any atom is -0.285 e. The van der Waals surface area contributed by atoms with E-state index in [1.807, 2.05) is 0 Å². The summed E-state index contributed by atoms with van der Waals surface area (Å²) in [5.41, 5.74) is 0.618. The standard InChI is InChI=1S/C16H19F3N2O2S/c17-16(18,19)13-5-3-12(4-6-13)15-8-7-14(20-15)11-24(22,23)21-9-1-2-10-21/h3-6,14H,1-2,7-11H2. The number of benzene rings is 1. The van der Waals surface area contributed by atoms with Crippen molar-refractivity contribution in [3.8, 4) is 0 Å². The minimum absolute atomic E-state index is 0.0167. The van der Waals surface area contributed by atoms with E-state index in [1.54, 1.807) is 0 Å². The maximum absolute atomic E-state index is 12.6. The van der Waals surface area contributed by atoms with Crippen LogP contribution in [0.2, 0.25) is 0 Å². The van der Waals surface area contributed by atoms with E-state index in [4.69, 9.17) is 0 Å². The zero-order chi connectivity index (χ0) is 17.4. The molecular formula is C16H19F3N2O2S. The molecule has 24 heavy (non-hydrogen) atoms. The number of sulfonamides is 1. The van der Waals surface area contributed by atoms with Crippen molar-refractivity contribution < 1.29 is 21.6 Å². The van der Waals surface area contributed by atoms with Crippen molar-refractivity contribution in [1.29, 1.82) is 0 Å². The van der Waals surface area contributed by atoms with Crippen molar-refractivity contribution in [2.45, 2.75) is 37.9 Å². The lowest BCUT2D eigenvalue weighted by atomic mass is 10.0. The van der Waals surface area contributed by atoms with Crippen LogP contribution in [0.25, 0.3) is 0 Å². The summed E-state index contributed by atoms with van der Waals surface area (Å²) in [5, 5.41) is 0. The predicted molar refractivity (Wildman–Crippen MR) is 85.6 cm³/mol. The van der Waals surface area contributed by atoms with Crippen LogP contribution in [0.1, 0.15) is 36.8 Å². The summed E-state index contributed by atoms with van der Waals surface area (Å²) >= 11 is 0. The van der Waals surface area contributed by atoms with E-state index in [0.29, 0.717) is 37.2 Å². The van der Waals surface area contributed by atoms with Crippen LogP contribution in [-0.4, -0.2) is 43.3 Å². The molecule has 0 aromatic heterocycles. The lowest BCUT2D eigenvalue weighted by molar-refractivity contribution is -0.137. The molecule has 3 rings (SSSR count). The molecule has 1 unspecified atom stereocenters. The molecule has 1 saturated heterocycles. The van der Waals surface area contributed by atoms with E-state index in [2.05, 4.69) is 4.99 Å². The molecule has 4 nitrogen and oxygen atoms in total. The Morgan fingerprint density at radius 1 is 1.12 bits per heavy atom. The van der Waals surface area contributed by atoms with Gasteiger partial charge >= 0.3 is 6.18 Å². The van der Waals surface area contributed by atoms with E-state index in [0.717, 1.165) is 25.0 Å². The second-order valence-electron chi connectivity index (χ2n) is 6.23. The highest BCUT2D eigenvalue weighted by molar-refractivity contribution is 7.89. The van der Waals surface area contributed by atoms with Gasteiger partial charge in [-0.25, -0.2) is 12.7 Å².